The summed E-state index contributed by atoms with van der Waals surface area (Å²) in [5.41, 5.74) is 3.14. The van der Waals surface area contributed by atoms with Gasteiger partial charge in [0.25, 0.3) is 0 Å². The van der Waals surface area contributed by atoms with Crippen molar-refractivity contribution in [2.75, 3.05) is 6.26 Å². The molecule has 0 aliphatic heterocycles. The Hall–Kier alpha value is -3.33. The average molecular weight is 591 g/mol. The van der Waals surface area contributed by atoms with E-state index in [1.54, 1.807) is 32.5 Å². The second-order valence-corrected chi connectivity index (χ2v) is 12.8. The van der Waals surface area contributed by atoms with Crippen molar-refractivity contribution in [3.63, 3.8) is 0 Å². The number of rotatable bonds is 11. The Morgan fingerprint density at radius 1 is 0.952 bits per heavy atom. The van der Waals surface area contributed by atoms with E-state index in [9.17, 15) is 19.8 Å². The van der Waals surface area contributed by atoms with Gasteiger partial charge in [0.2, 0.25) is 5.91 Å². The van der Waals surface area contributed by atoms with E-state index >= 15 is 0 Å². The minimum Gasteiger partial charge on any atom is -0.444 e. The van der Waals surface area contributed by atoms with Crippen molar-refractivity contribution in [1.29, 1.82) is 0 Å². The molecular weight excluding hydrogens is 548 g/mol. The monoisotopic (exact) mass is 590 g/mol. The third-order valence-corrected chi connectivity index (χ3v) is 8.25. The minimum absolute atomic E-state index is 0.105. The van der Waals surface area contributed by atoms with Crippen molar-refractivity contribution in [3.05, 3.63) is 101 Å². The summed E-state index contributed by atoms with van der Waals surface area (Å²) >= 11 is 1.64. The molecule has 0 spiro atoms. The minimum atomic E-state index is -1.04. The van der Waals surface area contributed by atoms with Gasteiger partial charge in [0, 0.05) is 17.2 Å². The largest absolute Gasteiger partial charge is 0.444 e. The number of carbonyl (C=O) groups excluding carboxylic acids is 2. The highest BCUT2D eigenvalue weighted by molar-refractivity contribution is 7.98. The molecule has 4 rings (SSSR count). The molecule has 8 heteroatoms. The summed E-state index contributed by atoms with van der Waals surface area (Å²) in [6, 6.07) is 24.2. The van der Waals surface area contributed by atoms with Crippen LogP contribution < -0.4 is 10.6 Å². The van der Waals surface area contributed by atoms with E-state index in [4.69, 9.17) is 4.74 Å². The van der Waals surface area contributed by atoms with E-state index in [1.807, 2.05) is 85.1 Å². The molecule has 5 atom stereocenters. The number of hydrogen-bond donors (Lipinski definition) is 4. The highest BCUT2D eigenvalue weighted by Crippen LogP contribution is 2.32. The molecular formula is C34H42N2O5S. The summed E-state index contributed by atoms with van der Waals surface area (Å²) in [6.07, 6.45) is 0.965. The average Bonchev–Trinajstić information content (AvgIpc) is 3.26. The van der Waals surface area contributed by atoms with Crippen LogP contribution in [0.4, 0.5) is 4.79 Å². The topological polar surface area (TPSA) is 108 Å². The van der Waals surface area contributed by atoms with Crippen LogP contribution in [0.5, 0.6) is 0 Å². The van der Waals surface area contributed by atoms with Crippen LogP contribution in [0, 0.1) is 5.92 Å². The zero-order chi connectivity index (χ0) is 30.3. The van der Waals surface area contributed by atoms with Gasteiger partial charge < -0.3 is 25.6 Å². The fourth-order valence-electron chi connectivity index (χ4n) is 5.41. The number of fused-ring (bicyclic) bond motifs is 1. The molecule has 4 N–H and O–H groups in total. The number of carbonyl (C=O) groups is 2. The molecule has 2 amide bonds. The lowest BCUT2D eigenvalue weighted by Gasteiger charge is -2.29. The summed E-state index contributed by atoms with van der Waals surface area (Å²) < 4.78 is 5.49. The molecule has 0 aromatic heterocycles. The van der Waals surface area contributed by atoms with Crippen LogP contribution in [0.3, 0.4) is 0 Å². The third kappa shape index (κ3) is 8.84. The molecule has 3 aromatic carbocycles. The standard InChI is InChI=1S/C34H42N2O5S/c1-34(2,3)41-33(40)35-28(19-22-10-6-5-7-11-22)29(37)21-25(18-23-14-16-26(42-4)17-15-23)32(39)36-31-27-13-9-8-12-24(27)20-30(31)38/h5-17,25,28-31,37-38H,18-21H2,1-4H3,(H,35,40)(H,36,39)/t25-,28-,29-,30+,31-/m0/s1. The number of thioether (sulfide) groups is 1. The predicted molar refractivity (Wildman–Crippen MR) is 166 cm³/mol. The summed E-state index contributed by atoms with van der Waals surface area (Å²) in [5, 5.41) is 28.3. The van der Waals surface area contributed by atoms with Gasteiger partial charge in [-0.05, 0) is 80.7 Å². The lowest BCUT2D eigenvalue weighted by atomic mass is 9.88. The first-order chi connectivity index (χ1) is 20.0. The molecule has 42 heavy (non-hydrogen) atoms. The van der Waals surface area contributed by atoms with Gasteiger partial charge in [-0.15, -0.1) is 11.8 Å². The van der Waals surface area contributed by atoms with Crippen LogP contribution in [-0.2, 0) is 28.8 Å². The van der Waals surface area contributed by atoms with Crippen LogP contribution in [-0.4, -0.2) is 52.3 Å². The van der Waals surface area contributed by atoms with Crippen molar-refractivity contribution in [2.45, 2.75) is 81.2 Å². The van der Waals surface area contributed by atoms with Crippen molar-refractivity contribution in [1.82, 2.24) is 10.6 Å². The second kappa shape index (κ2) is 14.2. The van der Waals surface area contributed by atoms with Gasteiger partial charge in [-0.3, -0.25) is 4.79 Å². The van der Waals surface area contributed by atoms with Crippen LogP contribution in [0.15, 0.2) is 83.8 Å². The Labute approximate surface area is 253 Å². The molecule has 3 aromatic rings. The Bertz CT molecular complexity index is 1330. The maximum absolute atomic E-state index is 13.9. The van der Waals surface area contributed by atoms with Gasteiger partial charge >= 0.3 is 6.09 Å². The van der Waals surface area contributed by atoms with Crippen LogP contribution >= 0.6 is 11.8 Å². The number of amides is 2. The number of hydrogen-bond acceptors (Lipinski definition) is 6. The van der Waals surface area contributed by atoms with Crippen LogP contribution in [0.2, 0.25) is 0 Å². The predicted octanol–water partition coefficient (Wildman–Crippen LogP) is 5.23. The molecule has 7 nitrogen and oxygen atoms in total. The van der Waals surface area contributed by atoms with Crippen molar-refractivity contribution in [2.24, 2.45) is 5.92 Å². The number of nitrogens with one attached hydrogen (secondary N) is 2. The van der Waals surface area contributed by atoms with E-state index < -0.39 is 41.9 Å². The van der Waals surface area contributed by atoms with Gasteiger partial charge in [0.15, 0.2) is 0 Å². The first kappa shape index (κ1) is 31.6. The molecule has 0 saturated carbocycles. The zero-order valence-corrected chi connectivity index (χ0v) is 25.6. The Balaban J connectivity index is 1.56. The normalized spacial score (nSPS) is 18.4. The summed E-state index contributed by atoms with van der Waals surface area (Å²) in [6.45, 7) is 5.36. The maximum atomic E-state index is 13.9. The summed E-state index contributed by atoms with van der Waals surface area (Å²) in [4.78, 5) is 27.7. The number of aliphatic hydroxyl groups is 2. The molecule has 1 aliphatic carbocycles. The first-order valence-electron chi connectivity index (χ1n) is 14.4. The number of ether oxygens (including phenoxy) is 1. The fraction of sp³-hybridized carbons (Fsp3) is 0.412. The molecule has 224 valence electrons. The van der Waals surface area contributed by atoms with E-state index in [1.165, 1.54) is 0 Å². The lowest BCUT2D eigenvalue weighted by molar-refractivity contribution is -0.127. The molecule has 0 radical (unpaired) electrons. The van der Waals surface area contributed by atoms with Gasteiger partial charge in [0.05, 0.1) is 24.3 Å². The van der Waals surface area contributed by atoms with E-state index in [0.717, 1.165) is 27.1 Å². The van der Waals surface area contributed by atoms with Crippen molar-refractivity contribution >= 4 is 23.8 Å². The zero-order valence-electron chi connectivity index (χ0n) is 24.7. The van der Waals surface area contributed by atoms with E-state index in [-0.39, 0.29) is 12.3 Å². The Morgan fingerprint density at radius 2 is 1.60 bits per heavy atom. The summed E-state index contributed by atoms with van der Waals surface area (Å²) in [5.74, 6) is -0.863. The molecule has 0 saturated heterocycles. The highest BCUT2D eigenvalue weighted by atomic mass is 32.2. The van der Waals surface area contributed by atoms with Gasteiger partial charge in [-0.25, -0.2) is 4.79 Å². The maximum Gasteiger partial charge on any atom is 0.407 e. The van der Waals surface area contributed by atoms with Crippen LogP contribution in [0.1, 0.15) is 55.5 Å². The molecule has 0 unspecified atom stereocenters. The number of benzene rings is 3. The number of alkyl carbamates (subject to hydrolysis) is 1. The van der Waals surface area contributed by atoms with Gasteiger partial charge in [-0.1, -0.05) is 66.7 Å². The smallest absolute Gasteiger partial charge is 0.407 e. The van der Waals surface area contributed by atoms with Gasteiger partial charge in [0.1, 0.15) is 5.60 Å². The van der Waals surface area contributed by atoms with E-state index in [2.05, 4.69) is 10.6 Å². The van der Waals surface area contributed by atoms with E-state index in [0.29, 0.717) is 19.3 Å². The highest BCUT2D eigenvalue weighted by Gasteiger charge is 2.35. The SMILES string of the molecule is CSc1ccc(C[C@@H](C[C@H](O)[C@H](Cc2ccccc2)NC(=O)OC(C)(C)C)C(=O)N[C@H]2c3ccccc3C[C@H]2O)cc1. The Kier molecular flexibility index (Phi) is 10.7. The third-order valence-electron chi connectivity index (χ3n) is 7.50. The molecule has 0 fully saturated rings. The van der Waals surface area contributed by atoms with Gasteiger partial charge in [-0.2, -0.15) is 0 Å². The number of aliphatic hydroxyl groups excluding tert-OH is 2. The first-order valence-corrected chi connectivity index (χ1v) is 15.7. The van der Waals surface area contributed by atoms with Crippen molar-refractivity contribution < 1.29 is 24.5 Å². The fourth-order valence-corrected chi connectivity index (χ4v) is 5.82. The van der Waals surface area contributed by atoms with Crippen LogP contribution in [0.25, 0.3) is 0 Å². The molecule has 0 heterocycles. The molecule has 0 bridgehead atoms. The quantitative estimate of drug-likeness (QED) is 0.228. The Morgan fingerprint density at radius 3 is 2.26 bits per heavy atom. The lowest BCUT2D eigenvalue weighted by Crippen LogP contribution is -2.48. The van der Waals surface area contributed by atoms with Crippen molar-refractivity contribution in [3.8, 4) is 0 Å². The second-order valence-electron chi connectivity index (χ2n) is 12.0. The summed E-state index contributed by atoms with van der Waals surface area (Å²) in [7, 11) is 0. The molecule has 1 aliphatic rings.